The van der Waals surface area contributed by atoms with E-state index in [-0.39, 0.29) is 23.8 Å². The minimum Gasteiger partial charge on any atom is -0.466 e. The smallest absolute Gasteiger partial charge is 0.269 e. The Hall–Kier alpha value is -1.24. The Morgan fingerprint density at radius 3 is 2.38 bits per heavy atom. The summed E-state index contributed by atoms with van der Waals surface area (Å²) >= 11 is 17.3. The van der Waals surface area contributed by atoms with Crippen LogP contribution in [0.15, 0.2) is 24.3 Å². The molecule has 1 unspecified atom stereocenters. The maximum absolute atomic E-state index is 11.6. The van der Waals surface area contributed by atoms with Gasteiger partial charge in [0.25, 0.3) is 5.69 Å². The molecule has 0 aliphatic heterocycles. The summed E-state index contributed by atoms with van der Waals surface area (Å²) in [5.74, 6) is -0.0931. The van der Waals surface area contributed by atoms with Crippen molar-refractivity contribution in [2.75, 3.05) is 0 Å². The highest BCUT2D eigenvalue weighted by Gasteiger charge is 2.36. The van der Waals surface area contributed by atoms with E-state index >= 15 is 0 Å². The third-order valence-electron chi connectivity index (χ3n) is 2.37. The maximum atomic E-state index is 11.6. The molecule has 0 saturated heterocycles. The van der Waals surface area contributed by atoms with Crippen molar-refractivity contribution >= 4 is 46.4 Å². The molecule has 1 N–H and O–H groups in total. The molecule has 116 valence electrons. The van der Waals surface area contributed by atoms with E-state index in [0.29, 0.717) is 6.42 Å². The van der Waals surface area contributed by atoms with E-state index in [2.05, 4.69) is 5.32 Å². The lowest BCUT2D eigenvalue weighted by atomic mass is 10.3. The fraction of sp³-hybridized carbons (Fsp3) is 0.417. The van der Waals surface area contributed by atoms with Crippen LogP contribution >= 0.6 is 34.8 Å². The number of nitro groups is 1. The topological polar surface area (TPSA) is 81.5 Å². The molecular formula is C12H13Cl3N2O4. The number of non-ortho nitro benzene ring substituents is 1. The van der Waals surface area contributed by atoms with Crippen LogP contribution in [0.1, 0.15) is 19.8 Å². The van der Waals surface area contributed by atoms with Crippen LogP contribution < -0.4 is 10.1 Å². The van der Waals surface area contributed by atoms with Gasteiger partial charge in [0.2, 0.25) is 15.9 Å². The van der Waals surface area contributed by atoms with Crippen molar-refractivity contribution < 1.29 is 14.5 Å². The molecule has 1 atom stereocenters. The number of halogens is 3. The number of nitro benzene ring substituents is 1. The Kier molecular flexibility index (Phi) is 6.51. The molecule has 1 aromatic rings. The van der Waals surface area contributed by atoms with Crippen LogP contribution in [-0.2, 0) is 4.79 Å². The minimum atomic E-state index is -1.88. The van der Waals surface area contributed by atoms with Gasteiger partial charge in [0.05, 0.1) is 4.92 Å². The van der Waals surface area contributed by atoms with Crippen LogP contribution in [0, 0.1) is 10.1 Å². The largest absolute Gasteiger partial charge is 0.466 e. The number of carbonyl (C=O) groups is 1. The van der Waals surface area contributed by atoms with Gasteiger partial charge >= 0.3 is 0 Å². The summed E-state index contributed by atoms with van der Waals surface area (Å²) in [6.45, 7) is 1.83. The number of ether oxygens (including phenoxy) is 1. The molecule has 0 heterocycles. The van der Waals surface area contributed by atoms with Gasteiger partial charge in [-0.05, 0) is 18.6 Å². The predicted octanol–water partition coefficient (Wildman–Crippen LogP) is 3.59. The van der Waals surface area contributed by atoms with Crippen molar-refractivity contribution in [2.45, 2.75) is 29.8 Å². The Morgan fingerprint density at radius 2 is 1.95 bits per heavy atom. The number of amides is 1. The fourth-order valence-electron chi connectivity index (χ4n) is 1.41. The minimum absolute atomic E-state index is 0.0946. The van der Waals surface area contributed by atoms with Crippen LogP contribution in [0.2, 0.25) is 0 Å². The Bertz CT molecular complexity index is 502. The fourth-order valence-corrected chi connectivity index (χ4v) is 1.70. The number of alkyl halides is 3. The van der Waals surface area contributed by atoms with Gasteiger partial charge in [0, 0.05) is 18.6 Å². The third-order valence-corrected chi connectivity index (χ3v) is 2.96. The summed E-state index contributed by atoms with van der Waals surface area (Å²) in [5.41, 5.74) is -0.0946. The molecular weight excluding hydrogens is 343 g/mol. The molecule has 0 aliphatic carbocycles. The number of hydrogen-bond donors (Lipinski definition) is 1. The molecule has 0 bridgehead atoms. The van der Waals surface area contributed by atoms with Crippen LogP contribution in [0.5, 0.6) is 5.75 Å². The van der Waals surface area contributed by atoms with Gasteiger partial charge in [0.15, 0.2) is 0 Å². The van der Waals surface area contributed by atoms with Crippen molar-refractivity contribution in [2.24, 2.45) is 0 Å². The summed E-state index contributed by atoms with van der Waals surface area (Å²) in [5, 5.41) is 13.0. The number of hydrogen-bond acceptors (Lipinski definition) is 4. The lowest BCUT2D eigenvalue weighted by molar-refractivity contribution is -0.384. The average Bonchev–Trinajstić information content (AvgIpc) is 2.37. The number of nitrogens with zero attached hydrogens (tertiary/aromatic N) is 1. The number of nitrogens with one attached hydrogen (secondary N) is 1. The highest BCUT2D eigenvalue weighted by Crippen LogP contribution is 2.32. The first-order valence-electron chi connectivity index (χ1n) is 6.01. The molecule has 0 aromatic heterocycles. The zero-order valence-corrected chi connectivity index (χ0v) is 13.3. The molecule has 9 heteroatoms. The van der Waals surface area contributed by atoms with E-state index < -0.39 is 14.9 Å². The first kappa shape index (κ1) is 17.8. The van der Waals surface area contributed by atoms with Crippen molar-refractivity contribution in [3.63, 3.8) is 0 Å². The number of carbonyl (C=O) groups excluding carboxylic acids is 1. The van der Waals surface area contributed by atoms with Gasteiger partial charge in [-0.25, -0.2) is 0 Å². The lowest BCUT2D eigenvalue weighted by Gasteiger charge is -2.26. The van der Waals surface area contributed by atoms with Crippen LogP contribution in [0.25, 0.3) is 0 Å². The van der Waals surface area contributed by atoms with Crippen molar-refractivity contribution in [1.29, 1.82) is 0 Å². The molecule has 1 rings (SSSR count). The standard InChI is InChI=1S/C12H13Cl3N2O4/c1-2-3-10(18)16-11(12(13,14)15)21-9-6-4-8(5-7-9)17(19)20/h4-7,11H,2-3H2,1H3,(H,16,18). The summed E-state index contributed by atoms with van der Waals surface area (Å²) in [6.07, 6.45) is -0.306. The van der Waals surface area contributed by atoms with Gasteiger partial charge < -0.3 is 10.1 Å². The Balaban J connectivity index is 2.81. The molecule has 0 fully saturated rings. The monoisotopic (exact) mass is 354 g/mol. The highest BCUT2D eigenvalue weighted by atomic mass is 35.6. The first-order valence-corrected chi connectivity index (χ1v) is 7.14. The second-order valence-corrected chi connectivity index (χ2v) is 6.48. The quantitative estimate of drug-likeness (QED) is 0.366. The molecule has 0 spiro atoms. The van der Waals surface area contributed by atoms with Gasteiger partial charge in [0.1, 0.15) is 5.75 Å². The van der Waals surface area contributed by atoms with E-state index in [0.717, 1.165) is 0 Å². The molecule has 0 saturated carbocycles. The summed E-state index contributed by atoms with van der Waals surface area (Å²) in [4.78, 5) is 21.6. The molecule has 6 nitrogen and oxygen atoms in total. The predicted molar refractivity (Wildman–Crippen MR) is 80.9 cm³/mol. The van der Waals surface area contributed by atoms with E-state index in [9.17, 15) is 14.9 Å². The van der Waals surface area contributed by atoms with E-state index in [4.69, 9.17) is 39.5 Å². The average molecular weight is 356 g/mol. The van der Waals surface area contributed by atoms with E-state index in [1.54, 1.807) is 0 Å². The Labute approximate surface area is 136 Å². The van der Waals surface area contributed by atoms with Crippen LogP contribution in [0.3, 0.4) is 0 Å². The van der Waals surface area contributed by atoms with Crippen molar-refractivity contribution in [1.82, 2.24) is 5.32 Å². The van der Waals surface area contributed by atoms with E-state index in [1.807, 2.05) is 6.92 Å². The van der Waals surface area contributed by atoms with Crippen LogP contribution in [-0.4, -0.2) is 20.9 Å². The van der Waals surface area contributed by atoms with Gasteiger partial charge in [-0.1, -0.05) is 41.7 Å². The molecule has 0 radical (unpaired) electrons. The summed E-state index contributed by atoms with van der Waals surface area (Å²) < 4.78 is 3.50. The van der Waals surface area contributed by atoms with Gasteiger partial charge in [-0.2, -0.15) is 0 Å². The van der Waals surface area contributed by atoms with E-state index in [1.165, 1.54) is 24.3 Å². The van der Waals surface area contributed by atoms with Gasteiger partial charge in [-0.3, -0.25) is 14.9 Å². The SMILES string of the molecule is CCCC(=O)NC(Oc1ccc([N+](=O)[O-])cc1)C(Cl)(Cl)Cl. The van der Waals surface area contributed by atoms with Crippen molar-refractivity contribution in [3.05, 3.63) is 34.4 Å². The zero-order valence-electron chi connectivity index (χ0n) is 11.0. The number of rotatable bonds is 6. The summed E-state index contributed by atoms with van der Waals surface area (Å²) in [6, 6.07) is 5.21. The number of benzene rings is 1. The first-order chi connectivity index (χ1) is 9.74. The van der Waals surface area contributed by atoms with Gasteiger partial charge in [-0.15, -0.1) is 0 Å². The summed E-state index contributed by atoms with van der Waals surface area (Å²) in [7, 11) is 0. The molecule has 1 amide bonds. The second kappa shape index (κ2) is 7.68. The lowest BCUT2D eigenvalue weighted by Crippen LogP contribution is -2.47. The molecule has 0 aliphatic rings. The second-order valence-electron chi connectivity index (χ2n) is 4.11. The third kappa shape index (κ3) is 5.95. The Morgan fingerprint density at radius 1 is 1.38 bits per heavy atom. The molecule has 21 heavy (non-hydrogen) atoms. The zero-order chi connectivity index (χ0) is 16.0. The maximum Gasteiger partial charge on any atom is 0.269 e. The van der Waals surface area contributed by atoms with Crippen LogP contribution in [0.4, 0.5) is 5.69 Å². The molecule has 1 aromatic carbocycles. The normalized spacial score (nSPS) is 12.6. The van der Waals surface area contributed by atoms with Crippen molar-refractivity contribution in [3.8, 4) is 5.75 Å². The highest BCUT2D eigenvalue weighted by molar-refractivity contribution is 6.68.